The SMILES string of the molecule is CCOc1ccccc1NC(=O)c1cncc(Nc2cccc(F)c2)c1. The molecule has 0 radical (unpaired) electrons. The van der Waals surface area contributed by atoms with Crippen LogP contribution in [0.2, 0.25) is 0 Å². The van der Waals surface area contributed by atoms with Gasteiger partial charge in [0.2, 0.25) is 0 Å². The van der Waals surface area contributed by atoms with Crippen LogP contribution >= 0.6 is 0 Å². The normalized spacial score (nSPS) is 10.2. The molecule has 3 rings (SSSR count). The van der Waals surface area contributed by atoms with Gasteiger partial charge in [-0.1, -0.05) is 18.2 Å². The van der Waals surface area contributed by atoms with Crippen LogP contribution in [0.1, 0.15) is 17.3 Å². The molecule has 0 atom stereocenters. The summed E-state index contributed by atoms with van der Waals surface area (Å²) in [6.45, 7) is 2.38. The number of carbonyl (C=O) groups excluding carboxylic acids is 1. The molecule has 0 saturated heterocycles. The Morgan fingerprint density at radius 1 is 1.08 bits per heavy atom. The minimum Gasteiger partial charge on any atom is -0.492 e. The summed E-state index contributed by atoms with van der Waals surface area (Å²) in [5.41, 5.74) is 2.12. The maximum Gasteiger partial charge on any atom is 0.257 e. The molecular weight excluding hydrogens is 333 g/mol. The Labute approximate surface area is 150 Å². The summed E-state index contributed by atoms with van der Waals surface area (Å²) >= 11 is 0. The number of amides is 1. The van der Waals surface area contributed by atoms with Crippen LogP contribution < -0.4 is 15.4 Å². The van der Waals surface area contributed by atoms with E-state index in [2.05, 4.69) is 15.6 Å². The van der Waals surface area contributed by atoms with Crippen LogP contribution in [0.15, 0.2) is 67.0 Å². The van der Waals surface area contributed by atoms with Crippen molar-refractivity contribution in [1.29, 1.82) is 0 Å². The number of nitrogens with zero attached hydrogens (tertiary/aromatic N) is 1. The van der Waals surface area contributed by atoms with E-state index in [-0.39, 0.29) is 11.7 Å². The molecule has 0 unspecified atom stereocenters. The highest BCUT2D eigenvalue weighted by Gasteiger charge is 2.11. The molecule has 2 aromatic carbocycles. The largest absolute Gasteiger partial charge is 0.492 e. The number of ether oxygens (including phenoxy) is 1. The topological polar surface area (TPSA) is 63.2 Å². The van der Waals surface area contributed by atoms with Crippen molar-refractivity contribution in [2.45, 2.75) is 6.92 Å². The van der Waals surface area contributed by atoms with Crippen LogP contribution in [-0.4, -0.2) is 17.5 Å². The average molecular weight is 351 g/mol. The molecule has 5 nitrogen and oxygen atoms in total. The second kappa shape index (κ2) is 8.11. The van der Waals surface area contributed by atoms with Crippen molar-refractivity contribution in [1.82, 2.24) is 4.98 Å². The van der Waals surface area contributed by atoms with Gasteiger partial charge < -0.3 is 15.4 Å². The maximum atomic E-state index is 13.3. The highest BCUT2D eigenvalue weighted by atomic mass is 19.1. The molecule has 0 saturated carbocycles. The van der Waals surface area contributed by atoms with Crippen LogP contribution in [0, 0.1) is 5.82 Å². The lowest BCUT2D eigenvalue weighted by Gasteiger charge is -2.12. The van der Waals surface area contributed by atoms with E-state index in [0.717, 1.165) is 0 Å². The molecule has 0 aliphatic heterocycles. The van der Waals surface area contributed by atoms with Gasteiger partial charge in [0.1, 0.15) is 11.6 Å². The van der Waals surface area contributed by atoms with Gasteiger partial charge in [0.15, 0.2) is 0 Å². The standard InChI is InChI=1S/C20H18FN3O2/c1-2-26-19-9-4-3-8-18(19)24-20(25)14-10-17(13-22-12-14)23-16-7-5-6-15(21)11-16/h3-13,23H,2H2,1H3,(H,24,25). The van der Waals surface area contributed by atoms with E-state index in [1.807, 2.05) is 19.1 Å². The molecule has 2 N–H and O–H groups in total. The van der Waals surface area contributed by atoms with Crippen molar-refractivity contribution in [2.75, 3.05) is 17.2 Å². The zero-order valence-electron chi connectivity index (χ0n) is 14.2. The fourth-order valence-corrected chi connectivity index (χ4v) is 2.41. The number of halogens is 1. The molecular formula is C20H18FN3O2. The van der Waals surface area contributed by atoms with E-state index in [1.165, 1.54) is 18.3 Å². The molecule has 0 fully saturated rings. The minimum absolute atomic E-state index is 0.312. The first-order chi connectivity index (χ1) is 12.7. The van der Waals surface area contributed by atoms with E-state index in [1.54, 1.807) is 36.5 Å². The van der Waals surface area contributed by atoms with Crippen LogP contribution in [0.3, 0.4) is 0 Å². The second-order valence-corrected chi connectivity index (χ2v) is 5.48. The first-order valence-electron chi connectivity index (χ1n) is 8.16. The van der Waals surface area contributed by atoms with Gasteiger partial charge in [-0.3, -0.25) is 9.78 Å². The van der Waals surface area contributed by atoms with Crippen molar-refractivity contribution in [3.05, 3.63) is 78.4 Å². The fraction of sp³-hybridized carbons (Fsp3) is 0.100. The van der Waals surface area contributed by atoms with Gasteiger partial charge in [-0.25, -0.2) is 4.39 Å². The lowest BCUT2D eigenvalue weighted by atomic mass is 10.2. The quantitative estimate of drug-likeness (QED) is 0.680. The first-order valence-corrected chi connectivity index (χ1v) is 8.16. The van der Waals surface area contributed by atoms with E-state index in [4.69, 9.17) is 4.74 Å². The summed E-state index contributed by atoms with van der Waals surface area (Å²) in [6, 6.07) is 14.9. The van der Waals surface area contributed by atoms with Gasteiger partial charge >= 0.3 is 0 Å². The summed E-state index contributed by atoms with van der Waals surface area (Å²) < 4.78 is 18.8. The number of para-hydroxylation sites is 2. The van der Waals surface area contributed by atoms with Crippen molar-refractivity contribution < 1.29 is 13.9 Å². The van der Waals surface area contributed by atoms with Crippen molar-refractivity contribution in [2.24, 2.45) is 0 Å². The van der Waals surface area contributed by atoms with Crippen molar-refractivity contribution >= 4 is 23.0 Å². The number of benzene rings is 2. The smallest absolute Gasteiger partial charge is 0.257 e. The molecule has 3 aromatic rings. The maximum absolute atomic E-state index is 13.3. The summed E-state index contributed by atoms with van der Waals surface area (Å²) in [6.07, 6.45) is 3.03. The number of nitrogens with one attached hydrogen (secondary N) is 2. The Balaban J connectivity index is 1.76. The van der Waals surface area contributed by atoms with Crippen molar-refractivity contribution in [3.8, 4) is 5.75 Å². The summed E-state index contributed by atoms with van der Waals surface area (Å²) in [5, 5.41) is 5.85. The zero-order valence-corrected chi connectivity index (χ0v) is 14.2. The Morgan fingerprint density at radius 2 is 1.92 bits per heavy atom. The number of anilines is 3. The van der Waals surface area contributed by atoms with Crippen molar-refractivity contribution in [3.63, 3.8) is 0 Å². The Morgan fingerprint density at radius 3 is 2.73 bits per heavy atom. The average Bonchev–Trinajstić information content (AvgIpc) is 2.64. The highest BCUT2D eigenvalue weighted by Crippen LogP contribution is 2.25. The van der Waals surface area contributed by atoms with Crippen LogP contribution in [0.4, 0.5) is 21.5 Å². The lowest BCUT2D eigenvalue weighted by Crippen LogP contribution is -2.13. The number of aromatic nitrogens is 1. The number of hydrogen-bond acceptors (Lipinski definition) is 4. The lowest BCUT2D eigenvalue weighted by molar-refractivity contribution is 0.102. The summed E-state index contributed by atoms with van der Waals surface area (Å²) in [5.74, 6) is -0.0534. The highest BCUT2D eigenvalue weighted by molar-refractivity contribution is 6.05. The molecule has 0 bridgehead atoms. The van der Waals surface area contributed by atoms with Crippen LogP contribution in [-0.2, 0) is 0 Å². The third-order valence-electron chi connectivity index (χ3n) is 3.55. The third kappa shape index (κ3) is 4.36. The fourth-order valence-electron chi connectivity index (χ4n) is 2.41. The molecule has 1 amide bonds. The summed E-state index contributed by atoms with van der Waals surface area (Å²) in [4.78, 5) is 16.6. The Kier molecular flexibility index (Phi) is 5.43. The number of pyridine rings is 1. The molecule has 6 heteroatoms. The molecule has 132 valence electrons. The predicted octanol–water partition coefficient (Wildman–Crippen LogP) is 4.62. The minimum atomic E-state index is -0.343. The van der Waals surface area contributed by atoms with E-state index in [0.29, 0.717) is 35.0 Å². The molecule has 1 aromatic heterocycles. The van der Waals surface area contributed by atoms with E-state index >= 15 is 0 Å². The third-order valence-corrected chi connectivity index (χ3v) is 3.55. The van der Waals surface area contributed by atoms with E-state index < -0.39 is 0 Å². The van der Waals surface area contributed by atoms with Crippen LogP contribution in [0.25, 0.3) is 0 Å². The van der Waals surface area contributed by atoms with Gasteiger partial charge in [-0.15, -0.1) is 0 Å². The number of carbonyl (C=O) groups is 1. The molecule has 0 aliphatic carbocycles. The molecule has 1 heterocycles. The van der Waals surface area contributed by atoms with Crippen LogP contribution in [0.5, 0.6) is 5.75 Å². The Hall–Kier alpha value is -3.41. The first kappa shape index (κ1) is 17.4. The summed E-state index contributed by atoms with van der Waals surface area (Å²) in [7, 11) is 0. The number of rotatable bonds is 6. The van der Waals surface area contributed by atoms with E-state index in [9.17, 15) is 9.18 Å². The van der Waals surface area contributed by atoms with Gasteiger partial charge in [0.05, 0.1) is 29.7 Å². The predicted molar refractivity (Wildman–Crippen MR) is 99.5 cm³/mol. The second-order valence-electron chi connectivity index (χ2n) is 5.48. The number of hydrogen-bond donors (Lipinski definition) is 2. The molecule has 0 aliphatic rings. The molecule has 26 heavy (non-hydrogen) atoms. The van der Waals surface area contributed by atoms with Gasteiger partial charge in [-0.05, 0) is 43.3 Å². The van der Waals surface area contributed by atoms with Gasteiger partial charge in [0.25, 0.3) is 5.91 Å². The Bertz CT molecular complexity index is 915. The monoisotopic (exact) mass is 351 g/mol. The van der Waals surface area contributed by atoms with Gasteiger partial charge in [0, 0.05) is 11.9 Å². The molecule has 0 spiro atoms. The zero-order chi connectivity index (χ0) is 18.4. The van der Waals surface area contributed by atoms with Gasteiger partial charge in [-0.2, -0.15) is 0 Å².